The summed E-state index contributed by atoms with van der Waals surface area (Å²) < 4.78 is 60.5. The van der Waals surface area contributed by atoms with Gasteiger partial charge in [0.15, 0.2) is 5.78 Å². The number of phenols is 1. The minimum atomic E-state index is -4.07. The van der Waals surface area contributed by atoms with Crippen molar-refractivity contribution >= 4 is 56.9 Å². The third-order valence-corrected chi connectivity index (χ3v) is 22.8. The lowest BCUT2D eigenvalue weighted by Crippen LogP contribution is -2.60. The fourth-order valence-corrected chi connectivity index (χ4v) is 17.0. The van der Waals surface area contributed by atoms with E-state index in [-0.39, 0.29) is 103 Å². The number of anilines is 1. The van der Waals surface area contributed by atoms with Crippen LogP contribution in [0, 0.1) is 34.5 Å². The molecule has 5 aliphatic carbocycles. The number of ether oxygens (including phenoxy) is 5. The topological polar surface area (TPSA) is 345 Å². The summed E-state index contributed by atoms with van der Waals surface area (Å²) in [7, 11) is -4.07. The van der Waals surface area contributed by atoms with Crippen LogP contribution >= 0.6 is 0 Å². The van der Waals surface area contributed by atoms with Crippen molar-refractivity contribution in [2.45, 2.75) is 225 Å². The number of imide groups is 1. The van der Waals surface area contributed by atoms with Crippen LogP contribution in [0.25, 0.3) is 0 Å². The molecular weight excluding hydrogens is 1280 g/mol. The number of nitrogens with one attached hydrogen (secondary N) is 4. The second-order valence-corrected chi connectivity index (χ2v) is 31.0. The number of Topliss-reactive ketones (excluding diaryl/α,β-unsaturated/α-hetero) is 2. The van der Waals surface area contributed by atoms with E-state index < -0.39 is 62.1 Å². The zero-order valence-electron chi connectivity index (χ0n) is 59.0. The standard InChI is InChI=1S/C73H110N8O16S/c1-48(2)64(77-67(87)57(74)17-11-12-33-75-63(85)47-97-60-19-10-8-9-18-58-65(60)79-80-81(58)34-36-94-38-40-96-42-41-95-39-37-93-35-28-53(82)16-13-43-98(90,91)92)59(84)44-49(3)66(86)76-52-24-20-50-22-26-61-70(4,55(50)45-52)29-14-31-72(61,6)68(88)78-69(89)73(7)32-15-30-71(5)56-46-54(83)25-21-51(56)23-27-62(71)73/h20-21,24-25,45-46,48-49,57,60-62,64,83H,8-19,22-23,26-44,47,74H2,1-7H3,(H,75,85)(H,76,86)(H,77,87)(H,78,88,89)(H,90,91,92)/t49-,57-,60?,61-,62-,64+,70-,71-,72+,73+/m1/s1. The molecule has 1 unspecified atom stereocenters. The van der Waals surface area contributed by atoms with Gasteiger partial charge in [0.05, 0.1) is 93.8 Å². The first-order chi connectivity index (χ1) is 46.7. The normalized spacial score (nSPS) is 24.6. The Balaban J connectivity index is 0.708. The number of benzene rings is 2. The summed E-state index contributed by atoms with van der Waals surface area (Å²) >= 11 is 0. The monoisotopic (exact) mass is 1390 g/mol. The number of amides is 5. The highest BCUT2D eigenvalue weighted by atomic mass is 32.2. The molecule has 98 heavy (non-hydrogen) atoms. The number of ketones is 2. The molecule has 0 spiro atoms. The number of hydrogen-bond acceptors (Lipinski definition) is 18. The van der Waals surface area contributed by atoms with Crippen LogP contribution < -0.4 is 27.0 Å². The third-order valence-electron chi connectivity index (χ3n) is 22.0. The van der Waals surface area contributed by atoms with Gasteiger partial charge in [0.1, 0.15) is 29.9 Å². The first-order valence-electron chi connectivity index (χ1n) is 36.0. The van der Waals surface area contributed by atoms with Gasteiger partial charge in [0.2, 0.25) is 29.5 Å². The first kappa shape index (κ1) is 77.7. The van der Waals surface area contributed by atoms with Gasteiger partial charge in [-0.2, -0.15) is 8.42 Å². The predicted molar refractivity (Wildman–Crippen MR) is 368 cm³/mol. The minimum absolute atomic E-state index is 0.0113. The van der Waals surface area contributed by atoms with Crippen molar-refractivity contribution in [2.75, 3.05) is 77.1 Å². The summed E-state index contributed by atoms with van der Waals surface area (Å²) in [5.74, 6) is -3.17. The smallest absolute Gasteiger partial charge is 0.264 e. The predicted octanol–water partition coefficient (Wildman–Crippen LogP) is 8.20. The van der Waals surface area contributed by atoms with Crippen LogP contribution in [0.3, 0.4) is 0 Å². The number of nitrogens with two attached hydrogens (primary N) is 1. The number of carbonyl (C=O) groups is 7. The van der Waals surface area contributed by atoms with E-state index >= 15 is 0 Å². The van der Waals surface area contributed by atoms with Crippen molar-refractivity contribution in [3.8, 4) is 5.75 Å². The Morgan fingerprint density at radius 1 is 0.694 bits per heavy atom. The second kappa shape index (κ2) is 35.5. The van der Waals surface area contributed by atoms with Gasteiger partial charge in [-0.15, -0.1) is 5.10 Å². The van der Waals surface area contributed by atoms with Gasteiger partial charge in [0.25, 0.3) is 10.1 Å². The average Bonchev–Trinajstić information content (AvgIpc) is 0.836. The maximum Gasteiger partial charge on any atom is 0.264 e. The Labute approximate surface area is 579 Å². The number of aromatic nitrogens is 3. The van der Waals surface area contributed by atoms with Crippen LogP contribution in [-0.4, -0.2) is 158 Å². The van der Waals surface area contributed by atoms with E-state index in [0.29, 0.717) is 104 Å². The van der Waals surface area contributed by atoms with Gasteiger partial charge in [-0.25, -0.2) is 4.68 Å². The molecule has 0 bridgehead atoms. The van der Waals surface area contributed by atoms with Gasteiger partial charge in [-0.1, -0.05) is 91.5 Å². The lowest BCUT2D eigenvalue weighted by atomic mass is 9.49. The summed E-state index contributed by atoms with van der Waals surface area (Å²) in [6.07, 6.45) is 13.5. The molecule has 24 nitrogen and oxygen atoms in total. The zero-order chi connectivity index (χ0) is 70.8. The minimum Gasteiger partial charge on any atom is -0.508 e. The lowest BCUT2D eigenvalue weighted by Gasteiger charge is -2.56. The Hall–Kier alpha value is -6.06. The number of aryl methyl sites for hydroxylation is 2. The molecular formula is C73H110N8O16S. The number of aromatic hydroxyl groups is 1. The Bertz CT molecular complexity index is 3360. The molecule has 0 radical (unpaired) electrons. The fraction of sp³-hybridized carbons (Fsp3) is 0.712. The van der Waals surface area contributed by atoms with Crippen LogP contribution in [0.5, 0.6) is 5.75 Å². The number of nitrogens with zero attached hydrogens (tertiary/aromatic N) is 3. The first-order valence-corrected chi connectivity index (χ1v) is 37.6. The SMILES string of the molecule is CC(C)[C@H](NC(=O)[C@H](N)CCCCNC(=O)COC1CCCCCc2c1nnn2CCOCCOCCOCCOCCC(=O)CCCS(=O)(=O)O)C(=O)C[C@@H](C)C(=O)Nc1ccc2c(c1)[C@@]1(C)CCC[C@](C)(C(=O)NC(=O)[C@@]3(C)CCC[C@]4(C)c5cc(O)ccc5CC[C@@H]34)[C@@H]1CC2. The van der Waals surface area contributed by atoms with Crippen molar-refractivity contribution in [1.29, 1.82) is 0 Å². The summed E-state index contributed by atoms with van der Waals surface area (Å²) in [6.45, 7) is 17.3. The quantitative estimate of drug-likeness (QED) is 0.0162. The van der Waals surface area contributed by atoms with Crippen LogP contribution in [0.2, 0.25) is 0 Å². The largest absolute Gasteiger partial charge is 0.508 e. The van der Waals surface area contributed by atoms with E-state index in [1.54, 1.807) is 13.0 Å². The highest BCUT2D eigenvalue weighted by molar-refractivity contribution is 7.85. The van der Waals surface area contributed by atoms with Crippen LogP contribution in [0.4, 0.5) is 5.69 Å². The molecule has 2 fully saturated rings. The molecule has 10 atom stereocenters. The molecule has 3 aromatic rings. The molecule has 0 aliphatic heterocycles. The Morgan fingerprint density at radius 2 is 1.30 bits per heavy atom. The number of unbranched alkanes of at least 4 members (excludes halogenated alkanes) is 1. The van der Waals surface area contributed by atoms with Crippen molar-refractivity contribution < 1.29 is 75.3 Å². The molecule has 5 aliphatic rings. The van der Waals surface area contributed by atoms with Gasteiger partial charge in [-0.05, 0) is 171 Å². The number of phenolic OH excluding ortho intramolecular Hbond substituents is 1. The highest BCUT2D eigenvalue weighted by Crippen LogP contribution is 2.60. The summed E-state index contributed by atoms with van der Waals surface area (Å²) in [5.41, 5.74) is 11.0. The third kappa shape index (κ3) is 20.1. The van der Waals surface area contributed by atoms with Crippen molar-refractivity contribution in [3.05, 3.63) is 70.0 Å². The summed E-state index contributed by atoms with van der Waals surface area (Å²) in [4.78, 5) is 95.5. The molecule has 1 heterocycles. The molecule has 0 saturated heterocycles. The van der Waals surface area contributed by atoms with E-state index in [1.165, 1.54) is 11.1 Å². The van der Waals surface area contributed by atoms with E-state index in [4.69, 9.17) is 34.0 Å². The fourth-order valence-electron chi connectivity index (χ4n) is 16.5. The van der Waals surface area contributed by atoms with E-state index in [2.05, 4.69) is 51.5 Å². The molecule has 5 amide bonds. The Kier molecular flexibility index (Phi) is 28.1. The van der Waals surface area contributed by atoms with E-state index in [1.807, 2.05) is 56.6 Å². The zero-order valence-corrected chi connectivity index (χ0v) is 59.8. The van der Waals surface area contributed by atoms with Crippen molar-refractivity contribution in [3.63, 3.8) is 0 Å². The van der Waals surface area contributed by atoms with Crippen LogP contribution in [0.1, 0.15) is 210 Å². The number of rotatable bonds is 37. The Morgan fingerprint density at radius 3 is 1.92 bits per heavy atom. The van der Waals surface area contributed by atoms with Crippen LogP contribution in [-0.2, 0) is 104 Å². The molecule has 544 valence electrons. The maximum absolute atomic E-state index is 14.8. The number of fused-ring (bicyclic) bond motifs is 7. The number of carbonyl (C=O) groups excluding carboxylic acids is 7. The lowest BCUT2D eigenvalue weighted by molar-refractivity contribution is -0.150. The highest BCUT2D eigenvalue weighted by Gasteiger charge is 2.58. The van der Waals surface area contributed by atoms with Gasteiger partial charge in [0, 0.05) is 37.4 Å². The van der Waals surface area contributed by atoms with Gasteiger partial charge >= 0.3 is 0 Å². The molecule has 2 saturated carbocycles. The van der Waals surface area contributed by atoms with Gasteiger partial charge in [-0.3, -0.25) is 43.4 Å². The second-order valence-electron chi connectivity index (χ2n) is 29.5. The molecule has 8 N–H and O–H groups in total. The van der Waals surface area contributed by atoms with Gasteiger partial charge < -0.3 is 50.5 Å². The molecule has 25 heteroatoms. The summed E-state index contributed by atoms with van der Waals surface area (Å²) in [5, 5.41) is 31.3. The average molecular weight is 1390 g/mol. The molecule has 8 rings (SSSR count). The molecule has 1 aromatic heterocycles. The van der Waals surface area contributed by atoms with Crippen LogP contribution in [0.15, 0.2) is 36.4 Å². The van der Waals surface area contributed by atoms with E-state index in [9.17, 15) is 47.1 Å². The van der Waals surface area contributed by atoms with Crippen molar-refractivity contribution in [2.24, 2.45) is 40.2 Å². The van der Waals surface area contributed by atoms with Crippen molar-refractivity contribution in [1.82, 2.24) is 30.9 Å². The summed E-state index contributed by atoms with van der Waals surface area (Å²) in [6, 6.07) is 9.85. The maximum atomic E-state index is 14.8. The van der Waals surface area contributed by atoms with E-state index in [0.717, 1.165) is 99.6 Å². The number of hydrogen-bond donors (Lipinski definition) is 7. The molecule has 2 aromatic carbocycles.